The predicted octanol–water partition coefficient (Wildman–Crippen LogP) is 3.39. The Balaban J connectivity index is 2.13. The molecule has 0 radical (unpaired) electrons. The highest BCUT2D eigenvalue weighted by Crippen LogP contribution is 2.17. The smallest absolute Gasteiger partial charge is 0.143 e. The monoisotopic (exact) mass is 242 g/mol. The summed E-state index contributed by atoms with van der Waals surface area (Å²) in [5, 5.41) is 9.70. The van der Waals surface area contributed by atoms with Crippen molar-refractivity contribution in [3.05, 3.63) is 64.4 Å². The standard InChI is InChI=1S/C14H11ClN2/c15-13-6-2-1-4-11(13)7-8-12-5-3-9-17-14(12)10-16/h1-6,9H,7-8H2. The summed E-state index contributed by atoms with van der Waals surface area (Å²) >= 11 is 6.08. The van der Waals surface area contributed by atoms with Crippen LogP contribution in [0.1, 0.15) is 16.8 Å². The Morgan fingerprint density at radius 2 is 1.76 bits per heavy atom. The second-order valence-electron chi connectivity index (χ2n) is 3.71. The van der Waals surface area contributed by atoms with Crippen LogP contribution in [0.25, 0.3) is 0 Å². The number of halogens is 1. The fourth-order valence-electron chi connectivity index (χ4n) is 1.71. The van der Waals surface area contributed by atoms with Crippen LogP contribution in [0.2, 0.25) is 5.02 Å². The molecule has 0 saturated heterocycles. The van der Waals surface area contributed by atoms with Crippen LogP contribution >= 0.6 is 11.6 Å². The van der Waals surface area contributed by atoms with Crippen LogP contribution in [0.4, 0.5) is 0 Å². The van der Waals surface area contributed by atoms with Gasteiger partial charge in [-0.2, -0.15) is 5.26 Å². The molecular formula is C14H11ClN2. The summed E-state index contributed by atoms with van der Waals surface area (Å²) in [5.41, 5.74) is 2.57. The second kappa shape index (κ2) is 5.47. The highest BCUT2D eigenvalue weighted by atomic mass is 35.5. The minimum Gasteiger partial charge on any atom is -0.245 e. The maximum absolute atomic E-state index is 8.93. The molecule has 0 atom stereocenters. The van der Waals surface area contributed by atoms with Gasteiger partial charge in [0.2, 0.25) is 0 Å². The van der Waals surface area contributed by atoms with Crippen LogP contribution in [0.15, 0.2) is 42.6 Å². The van der Waals surface area contributed by atoms with E-state index >= 15 is 0 Å². The van der Waals surface area contributed by atoms with Crippen LogP contribution in [-0.4, -0.2) is 4.98 Å². The number of aromatic nitrogens is 1. The summed E-state index contributed by atoms with van der Waals surface area (Å²) < 4.78 is 0. The van der Waals surface area contributed by atoms with Crippen molar-refractivity contribution in [2.24, 2.45) is 0 Å². The van der Waals surface area contributed by atoms with Gasteiger partial charge in [0.05, 0.1) is 0 Å². The van der Waals surface area contributed by atoms with Gasteiger partial charge in [-0.3, -0.25) is 0 Å². The van der Waals surface area contributed by atoms with Crippen LogP contribution < -0.4 is 0 Å². The summed E-state index contributed by atoms with van der Waals surface area (Å²) in [5.74, 6) is 0. The maximum Gasteiger partial charge on any atom is 0.143 e. The first-order valence-corrected chi connectivity index (χ1v) is 5.76. The average Bonchev–Trinajstić information content (AvgIpc) is 2.38. The van der Waals surface area contributed by atoms with E-state index in [0.29, 0.717) is 5.69 Å². The van der Waals surface area contributed by atoms with Gasteiger partial charge in [-0.1, -0.05) is 35.9 Å². The molecular weight excluding hydrogens is 232 g/mol. The third-order valence-electron chi connectivity index (χ3n) is 2.62. The van der Waals surface area contributed by atoms with E-state index in [4.69, 9.17) is 16.9 Å². The van der Waals surface area contributed by atoms with Crippen LogP contribution in [-0.2, 0) is 12.8 Å². The molecule has 0 unspecified atom stereocenters. The minimum absolute atomic E-state index is 0.500. The minimum atomic E-state index is 0.500. The van der Waals surface area contributed by atoms with E-state index in [0.717, 1.165) is 29.0 Å². The Morgan fingerprint density at radius 3 is 2.53 bits per heavy atom. The summed E-state index contributed by atoms with van der Waals surface area (Å²) in [6, 6.07) is 13.7. The third-order valence-corrected chi connectivity index (χ3v) is 2.99. The van der Waals surface area contributed by atoms with Crippen molar-refractivity contribution < 1.29 is 0 Å². The van der Waals surface area contributed by atoms with E-state index in [1.807, 2.05) is 36.4 Å². The lowest BCUT2D eigenvalue weighted by atomic mass is 10.0. The summed E-state index contributed by atoms with van der Waals surface area (Å²) in [4.78, 5) is 4.04. The fraction of sp³-hybridized carbons (Fsp3) is 0.143. The Hall–Kier alpha value is -1.85. The lowest BCUT2D eigenvalue weighted by molar-refractivity contribution is 0.942. The number of hydrogen-bond acceptors (Lipinski definition) is 2. The largest absolute Gasteiger partial charge is 0.245 e. The molecule has 17 heavy (non-hydrogen) atoms. The number of nitriles is 1. The van der Waals surface area contributed by atoms with Gasteiger partial charge >= 0.3 is 0 Å². The molecule has 0 bridgehead atoms. The topological polar surface area (TPSA) is 36.7 Å². The van der Waals surface area contributed by atoms with E-state index < -0.39 is 0 Å². The van der Waals surface area contributed by atoms with Gasteiger partial charge in [-0.05, 0) is 36.1 Å². The average molecular weight is 243 g/mol. The Kier molecular flexibility index (Phi) is 3.74. The molecule has 2 rings (SSSR count). The van der Waals surface area contributed by atoms with Crippen molar-refractivity contribution in [3.63, 3.8) is 0 Å². The molecule has 0 N–H and O–H groups in total. The number of benzene rings is 1. The van der Waals surface area contributed by atoms with Crippen LogP contribution in [0.5, 0.6) is 0 Å². The molecule has 0 amide bonds. The van der Waals surface area contributed by atoms with Crippen molar-refractivity contribution in [1.29, 1.82) is 5.26 Å². The van der Waals surface area contributed by atoms with Gasteiger partial charge in [0.1, 0.15) is 11.8 Å². The van der Waals surface area contributed by atoms with E-state index in [9.17, 15) is 0 Å². The molecule has 2 aromatic rings. The summed E-state index contributed by atoms with van der Waals surface area (Å²) in [6.45, 7) is 0. The Bertz CT molecular complexity index is 558. The van der Waals surface area contributed by atoms with Gasteiger partial charge in [-0.25, -0.2) is 4.98 Å². The molecule has 1 aromatic carbocycles. The number of nitrogens with zero attached hydrogens (tertiary/aromatic N) is 2. The fourth-order valence-corrected chi connectivity index (χ4v) is 1.94. The molecule has 0 spiro atoms. The highest BCUT2D eigenvalue weighted by Gasteiger charge is 2.04. The first-order chi connectivity index (χ1) is 8.31. The number of aryl methyl sites for hydroxylation is 2. The molecule has 3 heteroatoms. The van der Waals surface area contributed by atoms with Crippen molar-refractivity contribution in [1.82, 2.24) is 4.98 Å². The normalized spacial score (nSPS) is 9.88. The lowest BCUT2D eigenvalue weighted by Crippen LogP contribution is -1.97. The van der Waals surface area contributed by atoms with Gasteiger partial charge < -0.3 is 0 Å². The zero-order valence-corrected chi connectivity index (χ0v) is 9.98. The lowest BCUT2D eigenvalue weighted by Gasteiger charge is -2.05. The molecule has 0 aliphatic carbocycles. The Morgan fingerprint density at radius 1 is 1.06 bits per heavy atom. The van der Waals surface area contributed by atoms with Crippen molar-refractivity contribution in [2.75, 3.05) is 0 Å². The molecule has 0 aliphatic rings. The van der Waals surface area contributed by atoms with Crippen LogP contribution in [0.3, 0.4) is 0 Å². The van der Waals surface area contributed by atoms with Gasteiger partial charge in [0, 0.05) is 11.2 Å². The van der Waals surface area contributed by atoms with Crippen molar-refractivity contribution >= 4 is 11.6 Å². The SMILES string of the molecule is N#Cc1ncccc1CCc1ccccc1Cl. The first-order valence-electron chi connectivity index (χ1n) is 5.38. The predicted molar refractivity (Wildman–Crippen MR) is 67.8 cm³/mol. The molecule has 1 heterocycles. The first kappa shape index (κ1) is 11.6. The maximum atomic E-state index is 8.93. The summed E-state index contributed by atoms with van der Waals surface area (Å²) in [6.07, 6.45) is 3.23. The zero-order chi connectivity index (χ0) is 12.1. The second-order valence-corrected chi connectivity index (χ2v) is 4.12. The van der Waals surface area contributed by atoms with E-state index in [1.54, 1.807) is 6.20 Å². The van der Waals surface area contributed by atoms with E-state index in [1.165, 1.54) is 0 Å². The van der Waals surface area contributed by atoms with Crippen LogP contribution in [0, 0.1) is 11.3 Å². The van der Waals surface area contributed by atoms with Gasteiger partial charge in [0.25, 0.3) is 0 Å². The number of rotatable bonds is 3. The highest BCUT2D eigenvalue weighted by molar-refractivity contribution is 6.31. The zero-order valence-electron chi connectivity index (χ0n) is 9.23. The Labute approximate surface area is 105 Å². The number of pyridine rings is 1. The van der Waals surface area contributed by atoms with Crippen molar-refractivity contribution in [2.45, 2.75) is 12.8 Å². The molecule has 2 nitrogen and oxygen atoms in total. The van der Waals surface area contributed by atoms with E-state index in [2.05, 4.69) is 11.1 Å². The van der Waals surface area contributed by atoms with E-state index in [-0.39, 0.29) is 0 Å². The molecule has 84 valence electrons. The molecule has 0 aliphatic heterocycles. The quantitative estimate of drug-likeness (QED) is 0.827. The molecule has 0 fully saturated rings. The van der Waals surface area contributed by atoms with Gasteiger partial charge in [-0.15, -0.1) is 0 Å². The summed E-state index contributed by atoms with van der Waals surface area (Å²) in [7, 11) is 0. The van der Waals surface area contributed by atoms with Crippen molar-refractivity contribution in [3.8, 4) is 6.07 Å². The molecule has 0 saturated carbocycles. The van der Waals surface area contributed by atoms with Gasteiger partial charge in [0.15, 0.2) is 0 Å². The third kappa shape index (κ3) is 2.83. The molecule has 1 aromatic heterocycles. The number of hydrogen-bond donors (Lipinski definition) is 0.